The largest absolute Gasteiger partial charge is 0.497 e. The van der Waals surface area contributed by atoms with E-state index in [9.17, 15) is 4.79 Å². The molecule has 0 bridgehead atoms. The monoisotopic (exact) mass is 317 g/mol. The Morgan fingerprint density at radius 3 is 2.36 bits per heavy atom. The second-order valence-electron chi connectivity index (χ2n) is 4.22. The van der Waals surface area contributed by atoms with E-state index in [4.69, 9.17) is 21.7 Å². The Balaban J connectivity index is 2.07. The van der Waals surface area contributed by atoms with Gasteiger partial charge in [0.2, 0.25) is 0 Å². The van der Waals surface area contributed by atoms with Crippen LogP contribution in [0.1, 0.15) is 10.4 Å². The van der Waals surface area contributed by atoms with Crippen molar-refractivity contribution in [1.82, 2.24) is 10.3 Å². The van der Waals surface area contributed by atoms with Gasteiger partial charge in [-0.3, -0.25) is 10.1 Å². The molecule has 6 nitrogen and oxygen atoms in total. The third kappa shape index (κ3) is 4.16. The average molecular weight is 317 g/mol. The molecule has 2 rings (SSSR count). The van der Waals surface area contributed by atoms with Crippen LogP contribution in [0, 0.1) is 0 Å². The van der Waals surface area contributed by atoms with Crippen molar-refractivity contribution in [2.45, 2.75) is 0 Å². The fraction of sp³-hybridized carbons (Fsp3) is 0.133. The highest BCUT2D eigenvalue weighted by Crippen LogP contribution is 2.22. The molecule has 1 aromatic carbocycles. The van der Waals surface area contributed by atoms with Gasteiger partial charge >= 0.3 is 0 Å². The normalized spacial score (nSPS) is 9.73. The van der Waals surface area contributed by atoms with E-state index < -0.39 is 0 Å². The minimum atomic E-state index is -0.370. The van der Waals surface area contributed by atoms with Crippen LogP contribution in [-0.4, -0.2) is 30.2 Å². The van der Waals surface area contributed by atoms with E-state index in [0.29, 0.717) is 22.9 Å². The Labute approximate surface area is 133 Å². The van der Waals surface area contributed by atoms with Gasteiger partial charge in [0.25, 0.3) is 5.91 Å². The first-order chi connectivity index (χ1) is 10.6. The molecule has 0 atom stereocenters. The molecular weight excluding hydrogens is 302 g/mol. The second kappa shape index (κ2) is 7.37. The summed E-state index contributed by atoms with van der Waals surface area (Å²) in [5, 5.41) is 5.56. The smallest absolute Gasteiger partial charge is 0.257 e. The van der Waals surface area contributed by atoms with Crippen LogP contribution in [-0.2, 0) is 0 Å². The zero-order chi connectivity index (χ0) is 15.9. The summed E-state index contributed by atoms with van der Waals surface area (Å²) in [5.41, 5.74) is 0.376. The molecule has 22 heavy (non-hydrogen) atoms. The molecule has 1 amide bonds. The summed E-state index contributed by atoms with van der Waals surface area (Å²) in [7, 11) is 3.04. The molecule has 0 aliphatic carbocycles. The Bertz CT molecular complexity index is 655. The minimum Gasteiger partial charge on any atom is -0.497 e. The van der Waals surface area contributed by atoms with Crippen molar-refractivity contribution in [3.8, 4) is 11.5 Å². The zero-order valence-corrected chi connectivity index (χ0v) is 12.9. The molecule has 2 aromatic rings. The molecule has 0 aliphatic rings. The lowest BCUT2D eigenvalue weighted by molar-refractivity contribution is 0.0977. The molecular formula is C15H15N3O3S. The quantitative estimate of drug-likeness (QED) is 0.843. The fourth-order valence-corrected chi connectivity index (χ4v) is 1.90. The fourth-order valence-electron chi connectivity index (χ4n) is 1.70. The van der Waals surface area contributed by atoms with Crippen LogP contribution in [0.5, 0.6) is 11.5 Å². The molecule has 2 N–H and O–H groups in total. The lowest BCUT2D eigenvalue weighted by Gasteiger charge is -2.10. The highest BCUT2D eigenvalue weighted by atomic mass is 32.1. The first-order valence-electron chi connectivity index (χ1n) is 6.39. The summed E-state index contributed by atoms with van der Waals surface area (Å²) in [6.45, 7) is 0. The lowest BCUT2D eigenvalue weighted by atomic mass is 10.2. The summed E-state index contributed by atoms with van der Waals surface area (Å²) < 4.78 is 10.3. The number of benzene rings is 1. The molecule has 114 valence electrons. The highest BCUT2D eigenvalue weighted by molar-refractivity contribution is 7.80. The molecule has 0 radical (unpaired) electrons. The predicted octanol–water partition coefficient (Wildman–Crippen LogP) is 2.23. The van der Waals surface area contributed by atoms with Crippen molar-refractivity contribution in [2.75, 3.05) is 19.5 Å². The third-order valence-corrected chi connectivity index (χ3v) is 2.95. The number of hydrogen-bond acceptors (Lipinski definition) is 5. The van der Waals surface area contributed by atoms with Crippen LogP contribution < -0.4 is 20.1 Å². The summed E-state index contributed by atoms with van der Waals surface area (Å²) >= 11 is 5.09. The van der Waals surface area contributed by atoms with Crippen molar-refractivity contribution in [1.29, 1.82) is 0 Å². The molecule has 0 saturated heterocycles. The molecule has 0 fully saturated rings. The number of aromatic nitrogens is 1. The van der Waals surface area contributed by atoms with Gasteiger partial charge in [0.1, 0.15) is 17.3 Å². The number of anilines is 1. The number of carbonyl (C=O) groups excluding carboxylic acids is 1. The summed E-state index contributed by atoms with van der Waals surface area (Å²) in [5.74, 6) is 1.22. The first kappa shape index (κ1) is 15.7. The molecule has 0 unspecified atom stereocenters. The van der Waals surface area contributed by atoms with Gasteiger partial charge in [-0.25, -0.2) is 4.98 Å². The number of pyridine rings is 1. The van der Waals surface area contributed by atoms with Crippen LogP contribution >= 0.6 is 12.2 Å². The number of carbonyl (C=O) groups is 1. The Morgan fingerprint density at radius 1 is 1.14 bits per heavy atom. The number of nitrogens with one attached hydrogen (secondary N) is 2. The predicted molar refractivity (Wildman–Crippen MR) is 87.5 cm³/mol. The molecule has 7 heteroatoms. The molecule has 0 saturated carbocycles. The second-order valence-corrected chi connectivity index (χ2v) is 4.63. The highest BCUT2D eigenvalue weighted by Gasteiger charge is 2.11. The van der Waals surface area contributed by atoms with Crippen molar-refractivity contribution in [3.63, 3.8) is 0 Å². The van der Waals surface area contributed by atoms with Gasteiger partial charge < -0.3 is 14.8 Å². The van der Waals surface area contributed by atoms with Crippen molar-refractivity contribution in [2.24, 2.45) is 0 Å². The summed E-state index contributed by atoms with van der Waals surface area (Å²) in [6.07, 6.45) is 1.62. The Kier molecular flexibility index (Phi) is 5.26. The maximum absolute atomic E-state index is 12.2. The van der Waals surface area contributed by atoms with E-state index in [1.54, 1.807) is 36.5 Å². The van der Waals surface area contributed by atoms with Crippen LogP contribution in [0.3, 0.4) is 0 Å². The number of thiocarbonyl (C=S) groups is 1. The first-order valence-corrected chi connectivity index (χ1v) is 6.79. The van der Waals surface area contributed by atoms with Crippen LogP contribution in [0.4, 0.5) is 5.82 Å². The van der Waals surface area contributed by atoms with E-state index in [-0.39, 0.29) is 11.0 Å². The maximum atomic E-state index is 12.2. The zero-order valence-electron chi connectivity index (χ0n) is 12.1. The Morgan fingerprint density at radius 2 is 1.82 bits per heavy atom. The van der Waals surface area contributed by atoms with Crippen LogP contribution in [0.15, 0.2) is 42.6 Å². The van der Waals surface area contributed by atoms with E-state index in [1.165, 1.54) is 14.2 Å². The number of amides is 1. The Hall–Kier alpha value is -2.67. The van der Waals surface area contributed by atoms with Gasteiger partial charge in [0, 0.05) is 17.8 Å². The van der Waals surface area contributed by atoms with Gasteiger partial charge in [-0.2, -0.15) is 0 Å². The van der Waals surface area contributed by atoms with E-state index in [1.807, 2.05) is 6.07 Å². The number of methoxy groups -OCH3 is 2. The number of hydrogen-bond donors (Lipinski definition) is 2. The van der Waals surface area contributed by atoms with Crippen molar-refractivity contribution < 1.29 is 14.3 Å². The van der Waals surface area contributed by atoms with Crippen molar-refractivity contribution >= 4 is 29.1 Å². The van der Waals surface area contributed by atoms with E-state index >= 15 is 0 Å². The lowest BCUT2D eigenvalue weighted by Crippen LogP contribution is -2.34. The minimum absolute atomic E-state index is 0.158. The number of rotatable bonds is 4. The van der Waals surface area contributed by atoms with E-state index in [2.05, 4.69) is 15.6 Å². The number of nitrogens with zero attached hydrogens (tertiary/aromatic N) is 1. The van der Waals surface area contributed by atoms with Gasteiger partial charge in [0.05, 0.1) is 14.2 Å². The van der Waals surface area contributed by atoms with Gasteiger partial charge in [0.15, 0.2) is 5.11 Å². The average Bonchev–Trinajstić information content (AvgIpc) is 2.55. The maximum Gasteiger partial charge on any atom is 0.257 e. The van der Waals surface area contributed by atoms with Crippen LogP contribution in [0.2, 0.25) is 0 Å². The van der Waals surface area contributed by atoms with Gasteiger partial charge in [-0.05, 0) is 36.5 Å². The standard InChI is InChI=1S/C15H15N3O3S/c1-20-11-7-10(8-12(9-11)21-2)14(19)18-15(22)17-13-5-3-4-6-16-13/h3-9H,1-2H3,(H2,16,17,18,19,22). The number of ether oxygens (including phenoxy) is 2. The van der Waals surface area contributed by atoms with Gasteiger partial charge in [-0.15, -0.1) is 0 Å². The molecule has 1 heterocycles. The third-order valence-electron chi connectivity index (χ3n) is 2.75. The van der Waals surface area contributed by atoms with Gasteiger partial charge in [-0.1, -0.05) is 6.07 Å². The topological polar surface area (TPSA) is 72.5 Å². The summed E-state index contributed by atoms with van der Waals surface area (Å²) in [6, 6.07) is 10.2. The SMILES string of the molecule is COc1cc(OC)cc(C(=O)NC(=S)Nc2ccccn2)c1. The summed E-state index contributed by atoms with van der Waals surface area (Å²) in [4.78, 5) is 16.3. The molecule has 0 aliphatic heterocycles. The van der Waals surface area contributed by atoms with Crippen molar-refractivity contribution in [3.05, 3.63) is 48.2 Å². The molecule has 0 spiro atoms. The molecule has 1 aromatic heterocycles. The van der Waals surface area contributed by atoms with E-state index in [0.717, 1.165) is 0 Å². The van der Waals surface area contributed by atoms with Crippen LogP contribution in [0.25, 0.3) is 0 Å².